The topological polar surface area (TPSA) is 40.5 Å². The molecule has 2 nitrogen and oxygen atoms in total. The fourth-order valence-electron chi connectivity index (χ4n) is 1.15. The minimum absolute atomic E-state index is 0.562. The predicted octanol–water partition coefficient (Wildman–Crippen LogP) is 2.10. The molecule has 2 atom stereocenters. The van der Waals surface area contributed by atoms with Crippen molar-refractivity contribution in [3.8, 4) is 0 Å². The Morgan fingerprint density at radius 3 is 2.46 bits per heavy atom. The van der Waals surface area contributed by atoms with Crippen LogP contribution in [0.25, 0.3) is 0 Å². The lowest BCUT2D eigenvalue weighted by atomic mass is 10.0. The zero-order valence-corrected chi connectivity index (χ0v) is 9.60. The van der Waals surface area contributed by atoms with Gasteiger partial charge in [-0.1, -0.05) is 25.1 Å². The molecular formula is C10H13IO2. The van der Waals surface area contributed by atoms with Crippen LogP contribution in [0.4, 0.5) is 0 Å². The van der Waals surface area contributed by atoms with E-state index >= 15 is 0 Å². The van der Waals surface area contributed by atoms with Gasteiger partial charge >= 0.3 is 0 Å². The second kappa shape index (κ2) is 4.93. The molecule has 0 aromatic heterocycles. The van der Waals surface area contributed by atoms with Gasteiger partial charge in [0.15, 0.2) is 0 Å². The van der Waals surface area contributed by atoms with Crippen molar-refractivity contribution in [3.63, 3.8) is 0 Å². The molecule has 0 amide bonds. The average molecular weight is 292 g/mol. The molecule has 0 saturated carbocycles. The maximum atomic E-state index is 9.72. The van der Waals surface area contributed by atoms with Gasteiger partial charge in [0.2, 0.25) is 0 Å². The minimum atomic E-state index is -0.766. The van der Waals surface area contributed by atoms with Crippen LogP contribution >= 0.6 is 22.6 Å². The Morgan fingerprint density at radius 2 is 1.92 bits per heavy atom. The predicted molar refractivity (Wildman–Crippen MR) is 60.4 cm³/mol. The summed E-state index contributed by atoms with van der Waals surface area (Å²) in [7, 11) is 0. The smallest absolute Gasteiger partial charge is 0.106 e. The van der Waals surface area contributed by atoms with Crippen molar-refractivity contribution in [3.05, 3.63) is 33.4 Å². The monoisotopic (exact) mass is 292 g/mol. The molecular weight excluding hydrogens is 279 g/mol. The number of aliphatic hydroxyl groups excluding tert-OH is 2. The van der Waals surface area contributed by atoms with Crippen LogP contribution in [0.15, 0.2) is 24.3 Å². The van der Waals surface area contributed by atoms with E-state index in [9.17, 15) is 10.2 Å². The van der Waals surface area contributed by atoms with E-state index in [2.05, 4.69) is 22.6 Å². The quantitative estimate of drug-likeness (QED) is 0.838. The third kappa shape index (κ3) is 2.65. The van der Waals surface area contributed by atoms with Gasteiger partial charge in [-0.3, -0.25) is 0 Å². The largest absolute Gasteiger partial charge is 0.390 e. The standard InChI is InChI=1S/C10H13IO2/c1-2-9(12)10(13)7-5-3-4-6-8(7)11/h3-6,9-10,12-13H,2H2,1H3/t9?,10-/m1/s1. The van der Waals surface area contributed by atoms with Crippen LogP contribution in [-0.2, 0) is 0 Å². The lowest BCUT2D eigenvalue weighted by Gasteiger charge is -2.17. The first kappa shape index (κ1) is 10.9. The maximum absolute atomic E-state index is 9.72. The van der Waals surface area contributed by atoms with Gasteiger partial charge in [0.1, 0.15) is 6.10 Å². The number of halogens is 1. The number of aliphatic hydroxyl groups is 2. The van der Waals surface area contributed by atoms with Gasteiger partial charge in [0, 0.05) is 3.57 Å². The van der Waals surface area contributed by atoms with Crippen molar-refractivity contribution in [2.24, 2.45) is 0 Å². The van der Waals surface area contributed by atoms with Gasteiger partial charge in [-0.15, -0.1) is 0 Å². The first-order chi connectivity index (χ1) is 6.16. The van der Waals surface area contributed by atoms with Crippen molar-refractivity contribution in [2.45, 2.75) is 25.6 Å². The Labute approximate surface area is 91.7 Å². The number of rotatable bonds is 3. The molecule has 0 radical (unpaired) electrons. The number of hydrogen-bond donors (Lipinski definition) is 2. The van der Waals surface area contributed by atoms with Crippen LogP contribution < -0.4 is 0 Å². The van der Waals surface area contributed by atoms with Gasteiger partial charge in [-0.05, 0) is 40.6 Å². The van der Waals surface area contributed by atoms with Gasteiger partial charge in [-0.2, -0.15) is 0 Å². The minimum Gasteiger partial charge on any atom is -0.390 e. The summed E-state index contributed by atoms with van der Waals surface area (Å²) in [6.45, 7) is 1.85. The Hall–Kier alpha value is -0.130. The van der Waals surface area contributed by atoms with E-state index in [1.807, 2.05) is 31.2 Å². The van der Waals surface area contributed by atoms with Gasteiger partial charge in [-0.25, -0.2) is 0 Å². The Bertz CT molecular complexity index is 275. The SMILES string of the molecule is CCC(O)[C@H](O)c1ccccc1I. The molecule has 13 heavy (non-hydrogen) atoms. The first-order valence-corrected chi connectivity index (χ1v) is 5.35. The average Bonchev–Trinajstić information content (AvgIpc) is 2.16. The molecule has 0 heterocycles. The van der Waals surface area contributed by atoms with Crippen molar-refractivity contribution in [1.29, 1.82) is 0 Å². The van der Waals surface area contributed by atoms with Crippen LogP contribution in [0.2, 0.25) is 0 Å². The summed E-state index contributed by atoms with van der Waals surface area (Å²) in [6.07, 6.45) is -0.874. The van der Waals surface area contributed by atoms with E-state index in [-0.39, 0.29) is 0 Å². The molecule has 0 aliphatic heterocycles. The Balaban J connectivity index is 2.88. The van der Waals surface area contributed by atoms with Crippen LogP contribution in [0.1, 0.15) is 25.0 Å². The summed E-state index contributed by atoms with van der Waals surface area (Å²) in [4.78, 5) is 0. The maximum Gasteiger partial charge on any atom is 0.106 e. The number of benzene rings is 1. The fourth-order valence-corrected chi connectivity index (χ4v) is 1.85. The van der Waals surface area contributed by atoms with Crippen LogP contribution in [0, 0.1) is 3.57 Å². The molecule has 0 saturated heterocycles. The highest BCUT2D eigenvalue weighted by Crippen LogP contribution is 2.23. The molecule has 1 unspecified atom stereocenters. The van der Waals surface area contributed by atoms with E-state index in [4.69, 9.17) is 0 Å². The van der Waals surface area contributed by atoms with Gasteiger partial charge in [0.05, 0.1) is 6.10 Å². The van der Waals surface area contributed by atoms with E-state index in [1.54, 1.807) is 0 Å². The molecule has 0 bridgehead atoms. The lowest BCUT2D eigenvalue weighted by Crippen LogP contribution is -2.17. The summed E-state index contributed by atoms with van der Waals surface area (Å²) in [5.74, 6) is 0. The van der Waals surface area contributed by atoms with E-state index in [1.165, 1.54) is 0 Å². The van der Waals surface area contributed by atoms with Gasteiger partial charge < -0.3 is 10.2 Å². The van der Waals surface area contributed by atoms with E-state index in [0.29, 0.717) is 6.42 Å². The molecule has 0 fully saturated rings. The summed E-state index contributed by atoms with van der Waals surface area (Å²) in [5, 5.41) is 19.2. The molecule has 72 valence electrons. The summed E-state index contributed by atoms with van der Waals surface area (Å²) in [5.41, 5.74) is 0.803. The summed E-state index contributed by atoms with van der Waals surface area (Å²) >= 11 is 2.15. The Kier molecular flexibility index (Phi) is 4.15. The Morgan fingerprint density at radius 1 is 1.31 bits per heavy atom. The zero-order valence-electron chi connectivity index (χ0n) is 7.44. The highest BCUT2D eigenvalue weighted by atomic mass is 127. The third-order valence-corrected chi connectivity index (χ3v) is 2.99. The van der Waals surface area contributed by atoms with Crippen LogP contribution in [0.3, 0.4) is 0 Å². The molecule has 0 aliphatic rings. The highest BCUT2D eigenvalue weighted by molar-refractivity contribution is 14.1. The second-order valence-corrected chi connectivity index (χ2v) is 4.10. The van der Waals surface area contributed by atoms with Crippen LogP contribution in [0.5, 0.6) is 0 Å². The molecule has 1 rings (SSSR count). The lowest BCUT2D eigenvalue weighted by molar-refractivity contribution is 0.0160. The molecule has 2 N–H and O–H groups in total. The van der Waals surface area contributed by atoms with E-state index < -0.39 is 12.2 Å². The van der Waals surface area contributed by atoms with Crippen molar-refractivity contribution >= 4 is 22.6 Å². The molecule has 1 aromatic rings. The molecule has 0 spiro atoms. The summed E-state index contributed by atoms with van der Waals surface area (Å²) in [6, 6.07) is 7.53. The molecule has 1 aromatic carbocycles. The van der Waals surface area contributed by atoms with Crippen molar-refractivity contribution < 1.29 is 10.2 Å². The third-order valence-electron chi connectivity index (χ3n) is 2.01. The van der Waals surface area contributed by atoms with E-state index in [0.717, 1.165) is 9.13 Å². The van der Waals surface area contributed by atoms with Crippen LogP contribution in [-0.4, -0.2) is 16.3 Å². The van der Waals surface area contributed by atoms with Crippen molar-refractivity contribution in [1.82, 2.24) is 0 Å². The number of hydrogen-bond acceptors (Lipinski definition) is 2. The second-order valence-electron chi connectivity index (χ2n) is 2.94. The highest BCUT2D eigenvalue weighted by Gasteiger charge is 2.17. The first-order valence-electron chi connectivity index (χ1n) is 4.27. The van der Waals surface area contributed by atoms with Crippen molar-refractivity contribution in [2.75, 3.05) is 0 Å². The normalized spacial score (nSPS) is 15.4. The van der Waals surface area contributed by atoms with Gasteiger partial charge in [0.25, 0.3) is 0 Å². The fraction of sp³-hybridized carbons (Fsp3) is 0.400. The zero-order chi connectivity index (χ0) is 9.84. The molecule has 0 aliphatic carbocycles. The molecule has 3 heteroatoms. The summed E-state index contributed by atoms with van der Waals surface area (Å²) < 4.78 is 0.986.